The summed E-state index contributed by atoms with van der Waals surface area (Å²) in [6.45, 7) is 5.09. The monoisotopic (exact) mass is 425 g/mol. The molecule has 0 saturated carbocycles. The van der Waals surface area contributed by atoms with Crippen LogP contribution in [0.5, 0.6) is 0 Å². The molecule has 2 N–H and O–H groups in total. The Hall–Kier alpha value is -0.960. The number of alkyl halides is 3. The minimum Gasteiger partial charge on any atom is -0.353 e. The zero-order chi connectivity index (χ0) is 19.2. The Morgan fingerprint density at radius 1 is 1.22 bits per heavy atom. The predicted octanol–water partition coefficient (Wildman–Crippen LogP) is 3.18. The van der Waals surface area contributed by atoms with Gasteiger partial charge in [-0.25, -0.2) is 0 Å². The number of benzene rings is 1. The number of nitrogens with zero attached hydrogens (tertiary/aromatic N) is 1. The number of thioether (sulfide) groups is 1. The summed E-state index contributed by atoms with van der Waals surface area (Å²) in [6.07, 6.45) is -4.37. The van der Waals surface area contributed by atoms with Crippen LogP contribution >= 0.6 is 24.2 Å². The third-order valence-corrected chi connectivity index (χ3v) is 5.87. The molecule has 0 aromatic heterocycles. The van der Waals surface area contributed by atoms with E-state index < -0.39 is 24.0 Å². The molecule has 2 unspecified atom stereocenters. The summed E-state index contributed by atoms with van der Waals surface area (Å²) in [4.78, 5) is 14.9. The van der Waals surface area contributed by atoms with Crippen LogP contribution in [-0.2, 0) is 4.79 Å². The zero-order valence-corrected chi connectivity index (χ0v) is 17.1. The molecule has 1 aromatic carbocycles. The first-order valence-electron chi connectivity index (χ1n) is 8.80. The van der Waals surface area contributed by atoms with Gasteiger partial charge in [-0.1, -0.05) is 32.0 Å². The first-order valence-corrected chi connectivity index (χ1v) is 9.68. The molecule has 1 aromatic rings. The Balaban J connectivity index is 0.00000364. The van der Waals surface area contributed by atoms with Gasteiger partial charge in [-0.3, -0.25) is 9.69 Å². The molecule has 1 saturated heterocycles. The highest BCUT2D eigenvalue weighted by atomic mass is 35.5. The second-order valence-corrected chi connectivity index (χ2v) is 7.90. The molecule has 0 bridgehead atoms. The van der Waals surface area contributed by atoms with Gasteiger partial charge in [0.1, 0.15) is 6.04 Å². The van der Waals surface area contributed by atoms with E-state index >= 15 is 0 Å². The fourth-order valence-electron chi connectivity index (χ4n) is 2.88. The summed E-state index contributed by atoms with van der Waals surface area (Å²) in [5.74, 6) is -0.345. The van der Waals surface area contributed by atoms with E-state index in [9.17, 15) is 18.0 Å². The molecule has 1 aliphatic heterocycles. The maximum absolute atomic E-state index is 13.4. The van der Waals surface area contributed by atoms with E-state index in [0.29, 0.717) is 26.2 Å². The van der Waals surface area contributed by atoms with Gasteiger partial charge in [-0.05, 0) is 18.1 Å². The standard InChI is InChI=1S/C18H26F3N3OS.ClH/c1-13(2)16(26-14-6-4-3-5-7-14)17(25)23-12-15(18(19,20)21)24-10-8-22-9-11-24;/h3-7,13,15-16,22H,8-12H2,1-2H3,(H,23,25);1H. The number of hydrogen-bond donors (Lipinski definition) is 2. The molecule has 27 heavy (non-hydrogen) atoms. The molecule has 4 nitrogen and oxygen atoms in total. The van der Waals surface area contributed by atoms with E-state index in [4.69, 9.17) is 0 Å². The fraction of sp³-hybridized carbons (Fsp3) is 0.611. The molecule has 0 radical (unpaired) electrons. The van der Waals surface area contributed by atoms with Crippen molar-refractivity contribution < 1.29 is 18.0 Å². The second-order valence-electron chi connectivity index (χ2n) is 6.68. The summed E-state index contributed by atoms with van der Waals surface area (Å²) in [5.41, 5.74) is 0. The summed E-state index contributed by atoms with van der Waals surface area (Å²) < 4.78 is 40.3. The lowest BCUT2D eigenvalue weighted by Gasteiger charge is -2.36. The van der Waals surface area contributed by atoms with Crippen LogP contribution in [0, 0.1) is 5.92 Å². The molecule has 1 heterocycles. The van der Waals surface area contributed by atoms with Crippen molar-refractivity contribution in [2.75, 3.05) is 32.7 Å². The van der Waals surface area contributed by atoms with E-state index in [1.165, 1.54) is 16.7 Å². The third kappa shape index (κ3) is 7.52. The van der Waals surface area contributed by atoms with Gasteiger partial charge >= 0.3 is 6.18 Å². The van der Waals surface area contributed by atoms with E-state index in [-0.39, 0.29) is 24.2 Å². The number of amides is 1. The molecular formula is C18H27ClF3N3OS. The molecule has 154 valence electrons. The maximum atomic E-state index is 13.4. The zero-order valence-electron chi connectivity index (χ0n) is 15.5. The highest BCUT2D eigenvalue weighted by molar-refractivity contribution is 8.00. The van der Waals surface area contributed by atoms with Gasteiger partial charge in [0.15, 0.2) is 0 Å². The number of rotatable bonds is 7. The Labute approximate surface area is 169 Å². The lowest BCUT2D eigenvalue weighted by Crippen LogP contribution is -2.58. The Bertz CT molecular complexity index is 569. The molecule has 1 amide bonds. The van der Waals surface area contributed by atoms with Crippen molar-refractivity contribution in [1.29, 1.82) is 0 Å². The van der Waals surface area contributed by atoms with Crippen LogP contribution in [-0.4, -0.2) is 61.0 Å². The molecule has 9 heteroatoms. The molecule has 2 atom stereocenters. The summed E-state index contributed by atoms with van der Waals surface area (Å²) in [5, 5.41) is 5.16. The summed E-state index contributed by atoms with van der Waals surface area (Å²) >= 11 is 1.38. The van der Waals surface area contributed by atoms with Gasteiger partial charge in [0.05, 0.1) is 5.25 Å². The van der Waals surface area contributed by atoms with Crippen molar-refractivity contribution in [1.82, 2.24) is 15.5 Å². The predicted molar refractivity (Wildman–Crippen MR) is 105 cm³/mol. The minimum absolute atomic E-state index is 0. The van der Waals surface area contributed by atoms with Crippen molar-refractivity contribution in [2.45, 2.75) is 36.2 Å². The summed E-state index contributed by atoms with van der Waals surface area (Å²) in [7, 11) is 0. The Morgan fingerprint density at radius 2 is 1.81 bits per heavy atom. The van der Waals surface area contributed by atoms with Gasteiger partial charge < -0.3 is 10.6 Å². The normalized spacial score (nSPS) is 17.9. The topological polar surface area (TPSA) is 44.4 Å². The molecular weight excluding hydrogens is 399 g/mol. The number of halogens is 4. The minimum atomic E-state index is -4.37. The maximum Gasteiger partial charge on any atom is 0.405 e. The van der Waals surface area contributed by atoms with Crippen LogP contribution in [0.3, 0.4) is 0 Å². The van der Waals surface area contributed by atoms with Gasteiger partial charge in [-0.15, -0.1) is 24.2 Å². The van der Waals surface area contributed by atoms with Crippen molar-refractivity contribution >= 4 is 30.1 Å². The van der Waals surface area contributed by atoms with Crippen LogP contribution < -0.4 is 10.6 Å². The van der Waals surface area contributed by atoms with E-state index in [2.05, 4.69) is 10.6 Å². The van der Waals surface area contributed by atoms with E-state index in [1.54, 1.807) is 0 Å². The second kappa shape index (κ2) is 11.1. The first-order chi connectivity index (χ1) is 12.3. The van der Waals surface area contributed by atoms with Crippen LogP contribution in [0.15, 0.2) is 35.2 Å². The highest BCUT2D eigenvalue weighted by Gasteiger charge is 2.44. The van der Waals surface area contributed by atoms with E-state index in [0.717, 1.165) is 4.90 Å². The molecule has 1 fully saturated rings. The fourth-order valence-corrected chi connectivity index (χ4v) is 3.95. The third-order valence-electron chi connectivity index (χ3n) is 4.31. The largest absolute Gasteiger partial charge is 0.405 e. The highest BCUT2D eigenvalue weighted by Crippen LogP contribution is 2.29. The van der Waals surface area contributed by atoms with E-state index in [1.807, 2.05) is 44.2 Å². The molecule has 0 spiro atoms. The molecule has 0 aliphatic carbocycles. The van der Waals surface area contributed by atoms with Gasteiger partial charge in [0.2, 0.25) is 5.91 Å². The van der Waals surface area contributed by atoms with Crippen molar-refractivity contribution in [2.24, 2.45) is 5.92 Å². The smallest absolute Gasteiger partial charge is 0.353 e. The molecule has 1 aliphatic rings. The van der Waals surface area contributed by atoms with Crippen molar-refractivity contribution in [3.8, 4) is 0 Å². The summed E-state index contributed by atoms with van der Waals surface area (Å²) in [6, 6.07) is 7.78. The van der Waals surface area contributed by atoms with Crippen LogP contribution in [0.25, 0.3) is 0 Å². The Kier molecular flexibility index (Phi) is 9.94. The number of nitrogens with one attached hydrogen (secondary N) is 2. The van der Waals surface area contributed by atoms with Crippen molar-refractivity contribution in [3.63, 3.8) is 0 Å². The number of piperazine rings is 1. The van der Waals surface area contributed by atoms with Crippen LogP contribution in [0.2, 0.25) is 0 Å². The Morgan fingerprint density at radius 3 is 2.33 bits per heavy atom. The number of carbonyl (C=O) groups excluding carboxylic acids is 1. The average Bonchev–Trinajstić information content (AvgIpc) is 2.60. The SMILES string of the molecule is CC(C)C(Sc1ccccc1)C(=O)NCC(N1CCNCC1)C(F)(F)F.Cl. The first kappa shape index (κ1) is 24.1. The lowest BCUT2D eigenvalue weighted by atomic mass is 10.1. The van der Waals surface area contributed by atoms with Crippen LogP contribution in [0.4, 0.5) is 13.2 Å². The quantitative estimate of drug-likeness (QED) is 0.658. The van der Waals surface area contributed by atoms with Gasteiger partial charge in [-0.2, -0.15) is 13.2 Å². The average molecular weight is 426 g/mol. The lowest BCUT2D eigenvalue weighted by molar-refractivity contribution is -0.184. The number of hydrogen-bond acceptors (Lipinski definition) is 4. The molecule has 2 rings (SSSR count). The van der Waals surface area contributed by atoms with Crippen LogP contribution in [0.1, 0.15) is 13.8 Å². The number of carbonyl (C=O) groups is 1. The van der Waals surface area contributed by atoms with Gasteiger partial charge in [0, 0.05) is 37.6 Å². The van der Waals surface area contributed by atoms with Crippen molar-refractivity contribution in [3.05, 3.63) is 30.3 Å². The van der Waals surface area contributed by atoms with Gasteiger partial charge in [0.25, 0.3) is 0 Å².